The standard InChI is InChI=1S/C14H14O3S/c1-3-16-12-9-10(2)6-7-11(12)17-14(15)13-5-4-8-18-13/h4-9H,3H2,1-2H3. The van der Waals surface area contributed by atoms with Gasteiger partial charge in [0.25, 0.3) is 0 Å². The van der Waals surface area contributed by atoms with Gasteiger partial charge in [0.1, 0.15) is 4.88 Å². The maximum atomic E-state index is 11.8. The molecule has 0 saturated carbocycles. The first-order chi connectivity index (χ1) is 8.70. The lowest BCUT2D eigenvalue weighted by atomic mass is 10.2. The van der Waals surface area contributed by atoms with Crippen molar-refractivity contribution in [3.8, 4) is 11.5 Å². The van der Waals surface area contributed by atoms with Gasteiger partial charge < -0.3 is 9.47 Å². The number of thiophene rings is 1. The predicted molar refractivity (Wildman–Crippen MR) is 71.6 cm³/mol. The van der Waals surface area contributed by atoms with Crippen molar-refractivity contribution in [3.63, 3.8) is 0 Å². The highest BCUT2D eigenvalue weighted by Gasteiger charge is 2.13. The molecule has 0 aliphatic carbocycles. The first-order valence-electron chi connectivity index (χ1n) is 5.70. The van der Waals surface area contributed by atoms with Gasteiger partial charge in [-0.15, -0.1) is 11.3 Å². The minimum atomic E-state index is -0.352. The Labute approximate surface area is 110 Å². The molecule has 1 aromatic heterocycles. The van der Waals surface area contributed by atoms with Gasteiger partial charge in [-0.2, -0.15) is 0 Å². The third-order valence-electron chi connectivity index (χ3n) is 2.32. The maximum absolute atomic E-state index is 11.8. The van der Waals surface area contributed by atoms with Gasteiger partial charge in [-0.25, -0.2) is 4.79 Å². The Balaban J connectivity index is 2.20. The Kier molecular flexibility index (Phi) is 3.99. The fraction of sp³-hybridized carbons (Fsp3) is 0.214. The normalized spacial score (nSPS) is 10.1. The third-order valence-corrected chi connectivity index (χ3v) is 3.17. The highest BCUT2D eigenvalue weighted by Crippen LogP contribution is 2.29. The van der Waals surface area contributed by atoms with Crippen LogP contribution in [0.3, 0.4) is 0 Å². The summed E-state index contributed by atoms with van der Waals surface area (Å²) in [5.74, 6) is 0.707. The molecule has 0 aliphatic rings. The van der Waals surface area contributed by atoms with Crippen LogP contribution in [0.25, 0.3) is 0 Å². The molecular formula is C14H14O3S. The summed E-state index contributed by atoms with van der Waals surface area (Å²) in [5.41, 5.74) is 1.06. The average Bonchev–Trinajstić information content (AvgIpc) is 2.86. The molecule has 1 heterocycles. The number of carbonyl (C=O) groups excluding carboxylic acids is 1. The van der Waals surface area contributed by atoms with Crippen LogP contribution in [0.1, 0.15) is 22.2 Å². The van der Waals surface area contributed by atoms with Gasteiger partial charge in [0.15, 0.2) is 11.5 Å². The van der Waals surface area contributed by atoms with E-state index in [0.717, 1.165) is 5.56 Å². The van der Waals surface area contributed by atoms with Gasteiger partial charge in [-0.05, 0) is 43.0 Å². The molecule has 3 nitrogen and oxygen atoms in total. The summed E-state index contributed by atoms with van der Waals surface area (Å²) in [5, 5.41) is 1.84. The van der Waals surface area contributed by atoms with Crippen LogP contribution < -0.4 is 9.47 Å². The van der Waals surface area contributed by atoms with E-state index in [0.29, 0.717) is 23.0 Å². The van der Waals surface area contributed by atoms with Gasteiger partial charge in [0, 0.05) is 0 Å². The van der Waals surface area contributed by atoms with Crippen LogP contribution in [-0.4, -0.2) is 12.6 Å². The molecule has 0 amide bonds. The first-order valence-corrected chi connectivity index (χ1v) is 6.58. The molecule has 0 aliphatic heterocycles. The molecule has 0 fully saturated rings. The van der Waals surface area contributed by atoms with Crippen molar-refractivity contribution in [1.82, 2.24) is 0 Å². The Morgan fingerprint density at radius 1 is 1.28 bits per heavy atom. The summed E-state index contributed by atoms with van der Waals surface area (Å²) in [4.78, 5) is 12.4. The van der Waals surface area contributed by atoms with Crippen LogP contribution in [0, 0.1) is 6.92 Å². The lowest BCUT2D eigenvalue weighted by Gasteiger charge is -2.10. The number of ether oxygens (including phenoxy) is 2. The monoisotopic (exact) mass is 262 g/mol. The molecule has 0 N–H and O–H groups in total. The number of hydrogen-bond donors (Lipinski definition) is 0. The largest absolute Gasteiger partial charge is 0.490 e. The SMILES string of the molecule is CCOc1cc(C)ccc1OC(=O)c1cccs1. The molecule has 94 valence electrons. The van der Waals surface area contributed by atoms with E-state index in [4.69, 9.17) is 9.47 Å². The number of carbonyl (C=O) groups is 1. The summed E-state index contributed by atoms with van der Waals surface area (Å²) in [6, 6.07) is 9.06. The highest BCUT2D eigenvalue weighted by atomic mass is 32.1. The maximum Gasteiger partial charge on any atom is 0.353 e. The molecule has 0 radical (unpaired) electrons. The molecule has 0 unspecified atom stereocenters. The van der Waals surface area contributed by atoms with Crippen molar-refractivity contribution in [2.24, 2.45) is 0 Å². The Bertz CT molecular complexity index is 532. The minimum Gasteiger partial charge on any atom is -0.490 e. The van der Waals surface area contributed by atoms with Crippen molar-refractivity contribution < 1.29 is 14.3 Å². The van der Waals surface area contributed by atoms with Crippen LogP contribution in [0.15, 0.2) is 35.7 Å². The van der Waals surface area contributed by atoms with Gasteiger partial charge in [-0.3, -0.25) is 0 Å². The molecular weight excluding hydrogens is 248 g/mol. The average molecular weight is 262 g/mol. The van der Waals surface area contributed by atoms with Gasteiger partial charge >= 0.3 is 5.97 Å². The van der Waals surface area contributed by atoms with Crippen LogP contribution >= 0.6 is 11.3 Å². The molecule has 2 rings (SSSR count). The second-order valence-corrected chi connectivity index (χ2v) is 4.70. The van der Waals surface area contributed by atoms with Gasteiger partial charge in [0.05, 0.1) is 6.61 Å². The number of rotatable bonds is 4. The van der Waals surface area contributed by atoms with Crippen molar-refractivity contribution in [1.29, 1.82) is 0 Å². The van der Waals surface area contributed by atoms with Crippen molar-refractivity contribution in [2.45, 2.75) is 13.8 Å². The van der Waals surface area contributed by atoms with Crippen molar-refractivity contribution in [3.05, 3.63) is 46.2 Å². The van der Waals surface area contributed by atoms with E-state index in [1.165, 1.54) is 11.3 Å². The van der Waals surface area contributed by atoms with Crippen LogP contribution in [0.2, 0.25) is 0 Å². The fourth-order valence-corrected chi connectivity index (χ4v) is 2.11. The summed E-state index contributed by atoms with van der Waals surface area (Å²) in [6.45, 7) is 4.40. The highest BCUT2D eigenvalue weighted by molar-refractivity contribution is 7.12. The lowest BCUT2D eigenvalue weighted by Crippen LogP contribution is -2.08. The minimum absolute atomic E-state index is 0.352. The number of hydrogen-bond acceptors (Lipinski definition) is 4. The number of aryl methyl sites for hydroxylation is 1. The smallest absolute Gasteiger partial charge is 0.353 e. The van der Waals surface area contributed by atoms with Crippen LogP contribution in [0.5, 0.6) is 11.5 Å². The molecule has 0 saturated heterocycles. The topological polar surface area (TPSA) is 35.5 Å². The molecule has 0 spiro atoms. The van der Waals surface area contributed by atoms with Gasteiger partial charge in [-0.1, -0.05) is 12.1 Å². The molecule has 0 atom stereocenters. The van der Waals surface area contributed by atoms with Crippen LogP contribution in [0.4, 0.5) is 0 Å². The Hall–Kier alpha value is -1.81. The van der Waals surface area contributed by atoms with E-state index in [9.17, 15) is 4.79 Å². The Morgan fingerprint density at radius 3 is 2.78 bits per heavy atom. The first kappa shape index (κ1) is 12.6. The zero-order valence-corrected chi connectivity index (χ0v) is 11.1. The van der Waals surface area contributed by atoms with E-state index in [-0.39, 0.29) is 5.97 Å². The number of esters is 1. The summed E-state index contributed by atoms with van der Waals surface area (Å²) in [6.07, 6.45) is 0. The molecule has 4 heteroatoms. The molecule has 2 aromatic rings. The zero-order chi connectivity index (χ0) is 13.0. The van der Waals surface area contributed by atoms with E-state index in [1.54, 1.807) is 12.1 Å². The molecule has 0 bridgehead atoms. The second kappa shape index (κ2) is 5.69. The summed E-state index contributed by atoms with van der Waals surface area (Å²) < 4.78 is 10.8. The molecule has 18 heavy (non-hydrogen) atoms. The van der Waals surface area contributed by atoms with Gasteiger partial charge in [0.2, 0.25) is 0 Å². The zero-order valence-electron chi connectivity index (χ0n) is 10.3. The third kappa shape index (κ3) is 2.90. The number of benzene rings is 1. The Morgan fingerprint density at radius 2 is 2.11 bits per heavy atom. The lowest BCUT2D eigenvalue weighted by molar-refractivity contribution is 0.0733. The summed E-state index contributed by atoms with van der Waals surface area (Å²) in [7, 11) is 0. The van der Waals surface area contributed by atoms with Crippen molar-refractivity contribution in [2.75, 3.05) is 6.61 Å². The van der Waals surface area contributed by atoms with E-state index in [2.05, 4.69) is 0 Å². The van der Waals surface area contributed by atoms with E-state index >= 15 is 0 Å². The summed E-state index contributed by atoms with van der Waals surface area (Å²) >= 11 is 1.36. The van der Waals surface area contributed by atoms with Crippen molar-refractivity contribution >= 4 is 17.3 Å². The van der Waals surface area contributed by atoms with E-state index in [1.807, 2.05) is 37.4 Å². The quantitative estimate of drug-likeness (QED) is 0.623. The predicted octanol–water partition coefficient (Wildman–Crippen LogP) is 3.67. The molecule has 1 aromatic carbocycles. The van der Waals surface area contributed by atoms with E-state index < -0.39 is 0 Å². The fourth-order valence-electron chi connectivity index (χ4n) is 1.51. The second-order valence-electron chi connectivity index (χ2n) is 3.75. The van der Waals surface area contributed by atoms with Crippen LogP contribution in [-0.2, 0) is 0 Å².